The number of rotatable bonds is 2. The summed E-state index contributed by atoms with van der Waals surface area (Å²) in [5.41, 5.74) is 7.13. The Balaban J connectivity index is 2.31. The fraction of sp³-hybridized carbons (Fsp3) is 0.444. The first-order chi connectivity index (χ1) is 6.18. The van der Waals surface area contributed by atoms with E-state index in [1.54, 1.807) is 6.20 Å². The van der Waals surface area contributed by atoms with Crippen molar-refractivity contribution in [3.63, 3.8) is 0 Å². The average Bonchev–Trinajstić information content (AvgIpc) is 2.91. The lowest BCUT2D eigenvalue weighted by molar-refractivity contribution is 0.630. The van der Waals surface area contributed by atoms with Crippen molar-refractivity contribution in [3.8, 4) is 0 Å². The van der Waals surface area contributed by atoms with Crippen LogP contribution >= 0.6 is 27.5 Å². The Morgan fingerprint density at radius 2 is 2.31 bits per heavy atom. The standard InChI is InChI=1S/C9H10BrClN2/c10-7-4-13-8(11)3-6(7)9(12)5-1-2-5/h3-5,9H,1-2,12H2/t9-/m1/s1. The van der Waals surface area contributed by atoms with Crippen molar-refractivity contribution in [2.75, 3.05) is 0 Å². The zero-order chi connectivity index (χ0) is 9.42. The lowest BCUT2D eigenvalue weighted by Crippen LogP contribution is -2.13. The number of aromatic nitrogens is 1. The largest absolute Gasteiger partial charge is 0.324 e. The van der Waals surface area contributed by atoms with E-state index >= 15 is 0 Å². The van der Waals surface area contributed by atoms with Crippen molar-refractivity contribution in [2.45, 2.75) is 18.9 Å². The molecule has 1 atom stereocenters. The van der Waals surface area contributed by atoms with Crippen LogP contribution < -0.4 is 5.73 Å². The van der Waals surface area contributed by atoms with Crippen LogP contribution in [0.3, 0.4) is 0 Å². The van der Waals surface area contributed by atoms with Crippen LogP contribution in [-0.2, 0) is 0 Å². The Labute approximate surface area is 90.6 Å². The lowest BCUT2D eigenvalue weighted by atomic mass is 10.1. The van der Waals surface area contributed by atoms with Crippen LogP contribution in [-0.4, -0.2) is 4.98 Å². The molecule has 0 spiro atoms. The van der Waals surface area contributed by atoms with E-state index in [1.165, 1.54) is 12.8 Å². The van der Waals surface area contributed by atoms with Gasteiger partial charge in [0.1, 0.15) is 5.15 Å². The lowest BCUT2D eigenvalue weighted by Gasteiger charge is -2.12. The van der Waals surface area contributed by atoms with Crippen molar-refractivity contribution in [1.29, 1.82) is 0 Å². The van der Waals surface area contributed by atoms with E-state index < -0.39 is 0 Å². The highest BCUT2D eigenvalue weighted by Gasteiger charge is 2.30. The Bertz CT molecular complexity index is 325. The minimum absolute atomic E-state index is 0.106. The van der Waals surface area contributed by atoms with Gasteiger partial charge in [0, 0.05) is 16.7 Å². The zero-order valence-corrected chi connectivity index (χ0v) is 9.35. The molecule has 1 saturated carbocycles. The molecular weight excluding hydrogens is 251 g/mol. The molecule has 2 rings (SSSR count). The Morgan fingerprint density at radius 1 is 1.62 bits per heavy atom. The van der Waals surface area contributed by atoms with Crippen LogP contribution in [0.15, 0.2) is 16.7 Å². The van der Waals surface area contributed by atoms with E-state index in [0.717, 1.165) is 10.0 Å². The van der Waals surface area contributed by atoms with Crippen molar-refractivity contribution >= 4 is 27.5 Å². The van der Waals surface area contributed by atoms with Gasteiger partial charge in [-0.05, 0) is 46.3 Å². The molecule has 1 heterocycles. The second-order valence-electron chi connectivity index (χ2n) is 3.39. The summed E-state index contributed by atoms with van der Waals surface area (Å²) in [4.78, 5) is 3.96. The molecule has 0 bridgehead atoms. The van der Waals surface area contributed by atoms with Gasteiger partial charge >= 0.3 is 0 Å². The minimum Gasteiger partial charge on any atom is -0.324 e. The molecule has 2 nitrogen and oxygen atoms in total. The zero-order valence-electron chi connectivity index (χ0n) is 7.00. The monoisotopic (exact) mass is 260 g/mol. The van der Waals surface area contributed by atoms with Gasteiger partial charge in [0.05, 0.1) is 0 Å². The number of nitrogens with two attached hydrogens (primary N) is 1. The first-order valence-corrected chi connectivity index (χ1v) is 5.42. The first kappa shape index (κ1) is 9.44. The van der Waals surface area contributed by atoms with Crippen molar-refractivity contribution in [2.24, 2.45) is 11.7 Å². The highest BCUT2D eigenvalue weighted by atomic mass is 79.9. The molecule has 1 aromatic rings. The van der Waals surface area contributed by atoms with Gasteiger partial charge in [-0.3, -0.25) is 0 Å². The molecule has 0 aromatic carbocycles. The fourth-order valence-electron chi connectivity index (χ4n) is 1.39. The van der Waals surface area contributed by atoms with E-state index in [1.807, 2.05) is 6.07 Å². The molecule has 2 N–H and O–H groups in total. The van der Waals surface area contributed by atoms with Gasteiger partial charge in [0.15, 0.2) is 0 Å². The van der Waals surface area contributed by atoms with Gasteiger partial charge in [-0.1, -0.05) is 11.6 Å². The van der Waals surface area contributed by atoms with Gasteiger partial charge in [0.25, 0.3) is 0 Å². The maximum Gasteiger partial charge on any atom is 0.129 e. The molecule has 0 aliphatic heterocycles. The SMILES string of the molecule is N[C@@H](c1cc(Cl)ncc1Br)C1CC1. The number of nitrogens with zero attached hydrogens (tertiary/aromatic N) is 1. The highest BCUT2D eigenvalue weighted by Crippen LogP contribution is 2.41. The molecule has 1 aliphatic rings. The summed E-state index contributed by atoms with van der Waals surface area (Å²) in [7, 11) is 0. The highest BCUT2D eigenvalue weighted by molar-refractivity contribution is 9.10. The molecule has 1 fully saturated rings. The van der Waals surface area contributed by atoms with E-state index in [2.05, 4.69) is 20.9 Å². The third-order valence-corrected chi connectivity index (χ3v) is 3.21. The van der Waals surface area contributed by atoms with Crippen LogP contribution in [0.4, 0.5) is 0 Å². The van der Waals surface area contributed by atoms with Gasteiger partial charge < -0.3 is 5.73 Å². The van der Waals surface area contributed by atoms with Gasteiger partial charge in [0.2, 0.25) is 0 Å². The van der Waals surface area contributed by atoms with E-state index in [-0.39, 0.29) is 6.04 Å². The van der Waals surface area contributed by atoms with Gasteiger partial charge in [-0.15, -0.1) is 0 Å². The third kappa shape index (κ3) is 2.03. The summed E-state index contributed by atoms with van der Waals surface area (Å²) >= 11 is 9.22. The van der Waals surface area contributed by atoms with Crippen LogP contribution in [0.2, 0.25) is 5.15 Å². The summed E-state index contributed by atoms with van der Waals surface area (Å²) in [6.45, 7) is 0. The Hall–Kier alpha value is -0.120. The maximum atomic E-state index is 6.05. The number of pyridine rings is 1. The van der Waals surface area contributed by atoms with Crippen molar-refractivity contribution in [3.05, 3.63) is 27.5 Å². The van der Waals surface area contributed by atoms with Crippen LogP contribution in [0.5, 0.6) is 0 Å². The minimum atomic E-state index is 0.106. The van der Waals surface area contributed by atoms with Gasteiger partial charge in [-0.2, -0.15) is 0 Å². The van der Waals surface area contributed by atoms with Gasteiger partial charge in [-0.25, -0.2) is 4.98 Å². The van der Waals surface area contributed by atoms with Crippen LogP contribution in [0, 0.1) is 5.92 Å². The summed E-state index contributed by atoms with van der Waals surface area (Å²) in [5.74, 6) is 0.634. The smallest absolute Gasteiger partial charge is 0.129 e. The molecule has 0 radical (unpaired) electrons. The number of hydrogen-bond acceptors (Lipinski definition) is 2. The summed E-state index contributed by atoms with van der Waals surface area (Å²) in [5, 5.41) is 0.509. The molecule has 0 saturated heterocycles. The topological polar surface area (TPSA) is 38.9 Å². The summed E-state index contributed by atoms with van der Waals surface area (Å²) in [6, 6.07) is 1.95. The van der Waals surface area contributed by atoms with E-state index in [9.17, 15) is 0 Å². The normalized spacial score (nSPS) is 18.7. The quantitative estimate of drug-likeness (QED) is 0.832. The van der Waals surface area contributed by atoms with E-state index in [0.29, 0.717) is 11.1 Å². The van der Waals surface area contributed by atoms with E-state index in [4.69, 9.17) is 17.3 Å². The number of hydrogen-bond donors (Lipinski definition) is 1. The molecule has 4 heteroatoms. The number of halogens is 2. The van der Waals surface area contributed by atoms with Crippen molar-refractivity contribution < 1.29 is 0 Å². The molecule has 70 valence electrons. The molecule has 13 heavy (non-hydrogen) atoms. The average molecular weight is 262 g/mol. The van der Waals surface area contributed by atoms with Crippen LogP contribution in [0.1, 0.15) is 24.4 Å². The molecule has 1 aromatic heterocycles. The molecule has 1 aliphatic carbocycles. The third-order valence-electron chi connectivity index (χ3n) is 2.34. The summed E-state index contributed by atoms with van der Waals surface area (Å²) in [6.07, 6.45) is 4.17. The Kier molecular flexibility index (Phi) is 2.58. The second kappa shape index (κ2) is 3.56. The fourth-order valence-corrected chi connectivity index (χ4v) is 2.04. The first-order valence-electron chi connectivity index (χ1n) is 4.25. The molecular formula is C9H10BrClN2. The second-order valence-corrected chi connectivity index (χ2v) is 4.63. The van der Waals surface area contributed by atoms with Crippen LogP contribution in [0.25, 0.3) is 0 Å². The molecule has 0 unspecified atom stereocenters. The maximum absolute atomic E-state index is 6.05. The predicted molar refractivity (Wildman–Crippen MR) is 56.6 cm³/mol. The Morgan fingerprint density at radius 3 is 2.92 bits per heavy atom. The molecule has 0 amide bonds. The summed E-state index contributed by atoms with van der Waals surface area (Å²) < 4.78 is 0.955. The van der Waals surface area contributed by atoms with Crippen molar-refractivity contribution in [1.82, 2.24) is 4.98 Å². The predicted octanol–water partition coefficient (Wildman–Crippen LogP) is 2.91.